The molecule has 2 amide bonds. The van der Waals surface area contributed by atoms with Gasteiger partial charge in [-0.3, -0.25) is 9.59 Å². The van der Waals surface area contributed by atoms with E-state index >= 15 is 0 Å². The van der Waals surface area contributed by atoms with Crippen molar-refractivity contribution in [3.05, 3.63) is 46.1 Å². The SMILES string of the molecule is Cc1sc(NC(=O)C2CC2)c(C(=O)OC(C)C(=O)Nc2ccccc2F)c1C. The molecule has 1 aromatic carbocycles. The molecule has 0 saturated heterocycles. The number of benzene rings is 1. The molecule has 1 saturated carbocycles. The molecule has 1 aliphatic rings. The Balaban J connectivity index is 1.70. The first-order chi connectivity index (χ1) is 13.3. The van der Waals surface area contributed by atoms with E-state index in [4.69, 9.17) is 4.74 Å². The summed E-state index contributed by atoms with van der Waals surface area (Å²) >= 11 is 1.30. The highest BCUT2D eigenvalue weighted by molar-refractivity contribution is 7.16. The second kappa shape index (κ2) is 8.10. The molecule has 2 N–H and O–H groups in total. The van der Waals surface area contributed by atoms with Crippen LogP contribution in [0.25, 0.3) is 0 Å². The zero-order valence-electron chi connectivity index (χ0n) is 15.8. The summed E-state index contributed by atoms with van der Waals surface area (Å²) in [4.78, 5) is 37.9. The first kappa shape index (κ1) is 20.0. The summed E-state index contributed by atoms with van der Waals surface area (Å²) in [5.41, 5.74) is 0.959. The van der Waals surface area contributed by atoms with Crippen LogP contribution in [0.4, 0.5) is 15.1 Å². The molecule has 0 spiro atoms. The third-order valence-corrected chi connectivity index (χ3v) is 5.68. The number of anilines is 2. The normalized spacial score (nSPS) is 14.3. The molecule has 6 nitrogen and oxygen atoms in total. The summed E-state index contributed by atoms with van der Waals surface area (Å²) in [7, 11) is 0. The lowest BCUT2D eigenvalue weighted by atomic mass is 10.1. The average molecular weight is 404 g/mol. The minimum absolute atomic E-state index is 0.00273. The van der Waals surface area contributed by atoms with Gasteiger partial charge in [0.1, 0.15) is 10.8 Å². The molecule has 1 aromatic heterocycles. The fraction of sp³-hybridized carbons (Fsp3) is 0.350. The number of hydrogen-bond acceptors (Lipinski definition) is 5. The van der Waals surface area contributed by atoms with Gasteiger partial charge in [-0.05, 0) is 51.3 Å². The number of amides is 2. The lowest BCUT2D eigenvalue weighted by Gasteiger charge is -2.15. The number of carbonyl (C=O) groups excluding carboxylic acids is 3. The molecule has 3 rings (SSSR count). The molecule has 0 bridgehead atoms. The molecular formula is C20H21FN2O4S. The van der Waals surface area contributed by atoms with Gasteiger partial charge >= 0.3 is 5.97 Å². The number of para-hydroxylation sites is 1. The Labute approximate surface area is 166 Å². The minimum Gasteiger partial charge on any atom is -0.449 e. The fourth-order valence-electron chi connectivity index (χ4n) is 2.59. The van der Waals surface area contributed by atoms with E-state index in [1.165, 1.54) is 36.5 Å². The molecule has 0 aliphatic heterocycles. The Morgan fingerprint density at radius 1 is 1.18 bits per heavy atom. The maximum Gasteiger partial charge on any atom is 0.342 e. The number of rotatable bonds is 6. The van der Waals surface area contributed by atoms with Crippen LogP contribution in [0.3, 0.4) is 0 Å². The van der Waals surface area contributed by atoms with Gasteiger partial charge in [-0.15, -0.1) is 11.3 Å². The van der Waals surface area contributed by atoms with Gasteiger partial charge in [-0.25, -0.2) is 9.18 Å². The Morgan fingerprint density at radius 2 is 1.86 bits per heavy atom. The van der Waals surface area contributed by atoms with E-state index < -0.39 is 23.8 Å². The molecule has 1 fully saturated rings. The molecule has 0 radical (unpaired) electrons. The summed E-state index contributed by atoms with van der Waals surface area (Å²) in [5, 5.41) is 5.62. The maximum absolute atomic E-state index is 13.7. The average Bonchev–Trinajstić information content (AvgIpc) is 3.44. The number of thiophene rings is 1. The predicted octanol–water partition coefficient (Wildman–Crippen LogP) is 4.04. The zero-order chi connectivity index (χ0) is 20.4. The molecule has 8 heteroatoms. The summed E-state index contributed by atoms with van der Waals surface area (Å²) in [6.45, 7) is 5.02. The van der Waals surface area contributed by atoms with Crippen LogP contribution in [0, 0.1) is 25.6 Å². The van der Waals surface area contributed by atoms with Crippen molar-refractivity contribution in [2.45, 2.75) is 39.7 Å². The van der Waals surface area contributed by atoms with E-state index in [2.05, 4.69) is 10.6 Å². The molecule has 148 valence electrons. The molecule has 2 aromatic rings. The van der Waals surface area contributed by atoms with Crippen LogP contribution < -0.4 is 10.6 Å². The lowest BCUT2D eigenvalue weighted by molar-refractivity contribution is -0.123. The van der Waals surface area contributed by atoms with Gasteiger partial charge in [0.15, 0.2) is 6.10 Å². The predicted molar refractivity (Wildman–Crippen MR) is 105 cm³/mol. The van der Waals surface area contributed by atoms with Crippen molar-refractivity contribution in [1.29, 1.82) is 0 Å². The van der Waals surface area contributed by atoms with Crippen LogP contribution in [0.5, 0.6) is 0 Å². The van der Waals surface area contributed by atoms with Gasteiger partial charge in [0.25, 0.3) is 5.91 Å². The zero-order valence-corrected chi connectivity index (χ0v) is 16.6. The van der Waals surface area contributed by atoms with E-state index in [1.807, 2.05) is 6.92 Å². The van der Waals surface area contributed by atoms with E-state index in [1.54, 1.807) is 13.0 Å². The van der Waals surface area contributed by atoms with Crippen LogP contribution in [0.15, 0.2) is 24.3 Å². The van der Waals surface area contributed by atoms with Crippen LogP contribution in [-0.2, 0) is 14.3 Å². The van der Waals surface area contributed by atoms with Crippen molar-refractivity contribution < 1.29 is 23.5 Å². The fourth-order valence-corrected chi connectivity index (χ4v) is 3.64. The molecule has 1 aliphatic carbocycles. The summed E-state index contributed by atoms with van der Waals surface area (Å²) in [6, 6.07) is 5.73. The van der Waals surface area contributed by atoms with E-state index in [0.29, 0.717) is 10.6 Å². The second-order valence-corrected chi connectivity index (χ2v) is 7.99. The van der Waals surface area contributed by atoms with Gasteiger partial charge in [-0.2, -0.15) is 0 Å². The first-order valence-corrected chi connectivity index (χ1v) is 9.76. The molecule has 28 heavy (non-hydrogen) atoms. The maximum atomic E-state index is 13.7. The van der Waals surface area contributed by atoms with Crippen molar-refractivity contribution >= 4 is 39.8 Å². The Morgan fingerprint density at radius 3 is 2.50 bits per heavy atom. The minimum atomic E-state index is -1.14. The second-order valence-electron chi connectivity index (χ2n) is 6.77. The van der Waals surface area contributed by atoms with Crippen molar-refractivity contribution in [1.82, 2.24) is 0 Å². The highest BCUT2D eigenvalue weighted by Crippen LogP contribution is 2.36. The molecule has 1 heterocycles. The summed E-state index contributed by atoms with van der Waals surface area (Å²) < 4.78 is 19.0. The van der Waals surface area contributed by atoms with Crippen molar-refractivity contribution in [3.8, 4) is 0 Å². The van der Waals surface area contributed by atoms with Crippen molar-refractivity contribution in [2.75, 3.05) is 10.6 Å². The van der Waals surface area contributed by atoms with Gasteiger partial charge < -0.3 is 15.4 Å². The monoisotopic (exact) mass is 404 g/mol. The van der Waals surface area contributed by atoms with Gasteiger partial charge in [0, 0.05) is 10.8 Å². The number of hydrogen-bond donors (Lipinski definition) is 2. The number of aryl methyl sites for hydroxylation is 1. The summed E-state index contributed by atoms with van der Waals surface area (Å²) in [5.74, 6) is -2.04. The Kier molecular flexibility index (Phi) is 5.79. The smallest absolute Gasteiger partial charge is 0.342 e. The largest absolute Gasteiger partial charge is 0.449 e. The van der Waals surface area contributed by atoms with Crippen molar-refractivity contribution in [2.24, 2.45) is 5.92 Å². The summed E-state index contributed by atoms with van der Waals surface area (Å²) in [6.07, 6.45) is 0.559. The standard InChI is InChI=1S/C20H21FN2O4S/c1-10-12(3)28-19(23-18(25)13-8-9-13)16(10)20(26)27-11(2)17(24)22-15-7-5-4-6-14(15)21/h4-7,11,13H,8-9H2,1-3H3,(H,22,24)(H,23,25). The molecule has 1 atom stereocenters. The van der Waals surface area contributed by atoms with Crippen LogP contribution in [-0.4, -0.2) is 23.9 Å². The van der Waals surface area contributed by atoms with E-state index in [-0.39, 0.29) is 23.1 Å². The van der Waals surface area contributed by atoms with Crippen LogP contribution in [0.1, 0.15) is 40.6 Å². The van der Waals surface area contributed by atoms with Gasteiger partial charge in [-0.1, -0.05) is 12.1 Å². The van der Waals surface area contributed by atoms with Crippen LogP contribution in [0.2, 0.25) is 0 Å². The van der Waals surface area contributed by atoms with Crippen molar-refractivity contribution in [3.63, 3.8) is 0 Å². The number of ether oxygens (including phenoxy) is 1. The lowest BCUT2D eigenvalue weighted by Crippen LogP contribution is -2.30. The van der Waals surface area contributed by atoms with E-state index in [0.717, 1.165) is 17.7 Å². The Bertz CT molecular complexity index is 936. The highest BCUT2D eigenvalue weighted by atomic mass is 32.1. The number of nitrogens with one attached hydrogen (secondary N) is 2. The number of halogens is 1. The van der Waals surface area contributed by atoms with E-state index in [9.17, 15) is 18.8 Å². The third kappa shape index (κ3) is 4.39. The quantitative estimate of drug-likeness (QED) is 0.712. The highest BCUT2D eigenvalue weighted by Gasteiger charge is 2.32. The first-order valence-electron chi connectivity index (χ1n) is 8.95. The molecule has 1 unspecified atom stereocenters. The Hall–Kier alpha value is -2.74. The topological polar surface area (TPSA) is 84.5 Å². The van der Waals surface area contributed by atoms with Gasteiger partial charge in [0.05, 0.1) is 11.3 Å². The van der Waals surface area contributed by atoms with Crippen LogP contribution >= 0.6 is 11.3 Å². The molecular weight excluding hydrogens is 383 g/mol. The number of carbonyl (C=O) groups is 3. The van der Waals surface area contributed by atoms with Gasteiger partial charge in [0.2, 0.25) is 5.91 Å². The third-order valence-electron chi connectivity index (χ3n) is 4.56. The number of esters is 1.